The minimum Gasteiger partial charge on any atom is -0.862 e. The summed E-state index contributed by atoms with van der Waals surface area (Å²) < 4.78 is 29.8. The monoisotopic (exact) mass is 448 g/mol. The fraction of sp³-hybridized carbons (Fsp3) is 0.864. The van der Waals surface area contributed by atoms with Crippen molar-refractivity contribution in [2.75, 3.05) is 12.3 Å². The zero-order valence-corrected chi connectivity index (χ0v) is 20.0. The smallest absolute Gasteiger partial charge is 0.266 e. The molecule has 1 unspecified atom stereocenters. The molecule has 0 heterocycles. The van der Waals surface area contributed by atoms with Crippen LogP contribution in [0.1, 0.15) is 85.5 Å². The highest BCUT2D eigenvalue weighted by Gasteiger charge is 2.14. The highest BCUT2D eigenvalue weighted by Crippen LogP contribution is 2.23. The van der Waals surface area contributed by atoms with E-state index < -0.39 is 33.5 Å². The maximum absolute atomic E-state index is 11.7. The molecule has 8 heteroatoms. The topological polar surface area (TPSA) is 130 Å². The van der Waals surface area contributed by atoms with Crippen LogP contribution in [0, 0.1) is 11.8 Å². The average molecular weight is 449 g/mol. The lowest BCUT2D eigenvalue weighted by Gasteiger charge is -2.20. The molecule has 0 amide bonds. The molecule has 0 rings (SSSR count). The van der Waals surface area contributed by atoms with Crippen molar-refractivity contribution in [1.82, 2.24) is 0 Å². The molecule has 3 atom stereocenters. The first kappa shape index (κ1) is 29.0. The predicted molar refractivity (Wildman–Crippen MR) is 120 cm³/mol. The molecule has 0 aromatic rings. The molecule has 0 aliphatic rings. The summed E-state index contributed by atoms with van der Waals surface area (Å²) in [6.07, 6.45) is 6.59. The zero-order chi connectivity index (χ0) is 23.4. The van der Waals surface area contributed by atoms with Crippen LogP contribution in [0.2, 0.25) is 0 Å². The minimum atomic E-state index is -4.12. The lowest BCUT2D eigenvalue weighted by Crippen LogP contribution is -2.21. The summed E-state index contributed by atoms with van der Waals surface area (Å²) in [5.74, 6) is -0.0857. The molecule has 0 aliphatic heterocycles. The molecule has 0 spiro atoms. The van der Waals surface area contributed by atoms with Crippen molar-refractivity contribution in [3.63, 3.8) is 0 Å². The van der Waals surface area contributed by atoms with E-state index in [1.165, 1.54) is 0 Å². The molecular weight excluding hydrogens is 406 g/mol. The third kappa shape index (κ3) is 19.0. The van der Waals surface area contributed by atoms with Crippen LogP contribution in [0.4, 0.5) is 0 Å². The normalized spacial score (nSPS) is 16.3. The Bertz CT molecular complexity index is 624. The van der Waals surface area contributed by atoms with Crippen molar-refractivity contribution in [3.05, 3.63) is 12.2 Å². The van der Waals surface area contributed by atoms with Gasteiger partial charge in [0.1, 0.15) is 0 Å². The van der Waals surface area contributed by atoms with Gasteiger partial charge in [0.25, 0.3) is 10.1 Å². The van der Waals surface area contributed by atoms with Crippen LogP contribution in [0.25, 0.3) is 0 Å². The van der Waals surface area contributed by atoms with Gasteiger partial charge >= 0.3 is 0 Å². The molecule has 30 heavy (non-hydrogen) atoms. The molecule has 178 valence electrons. The molecule has 0 radical (unpaired) electrons. The van der Waals surface area contributed by atoms with Gasteiger partial charge in [0.2, 0.25) is 0 Å². The second-order valence-electron chi connectivity index (χ2n) is 9.43. The third-order valence-electron chi connectivity index (χ3n) is 5.12. The molecule has 0 aromatic heterocycles. The quantitative estimate of drug-likeness (QED) is 0.136. The van der Waals surface area contributed by atoms with Crippen LogP contribution in [0.15, 0.2) is 17.1 Å². The Hall–Kier alpha value is -0.960. The third-order valence-corrected chi connectivity index (χ3v) is 5.82. The number of aliphatic hydroxyl groups excluding tert-OH is 1. The second kappa shape index (κ2) is 14.2. The van der Waals surface area contributed by atoms with Gasteiger partial charge in [-0.05, 0) is 57.3 Å². The second-order valence-corrected chi connectivity index (χ2v) is 11.0. The van der Waals surface area contributed by atoms with Crippen molar-refractivity contribution in [1.29, 1.82) is 0 Å². The Morgan fingerprint density at radius 2 is 1.70 bits per heavy atom. The maximum Gasteiger partial charge on any atom is 0.266 e. The highest BCUT2D eigenvalue weighted by atomic mass is 32.2. The first-order valence-corrected chi connectivity index (χ1v) is 12.5. The average Bonchev–Trinajstić information content (AvgIpc) is 2.51. The number of nitrogens with zero attached hydrogens (tertiary/aromatic N) is 1. The highest BCUT2D eigenvalue weighted by molar-refractivity contribution is 7.85. The minimum absolute atomic E-state index is 0.0287. The Morgan fingerprint density at radius 3 is 2.27 bits per heavy atom. The molecule has 0 saturated carbocycles. The van der Waals surface area contributed by atoms with Crippen molar-refractivity contribution < 1.29 is 28.3 Å². The first-order valence-electron chi connectivity index (χ1n) is 10.9. The van der Waals surface area contributed by atoms with Gasteiger partial charge in [-0.25, -0.2) is 0 Å². The summed E-state index contributed by atoms with van der Waals surface area (Å²) in [4.78, 5) is 3.57. The fourth-order valence-electron chi connectivity index (χ4n) is 3.47. The van der Waals surface area contributed by atoms with E-state index in [2.05, 4.69) is 25.4 Å². The molecule has 0 bridgehead atoms. The van der Waals surface area contributed by atoms with Gasteiger partial charge in [-0.1, -0.05) is 58.1 Å². The number of rotatable bonds is 17. The van der Waals surface area contributed by atoms with Crippen LogP contribution in [-0.2, 0) is 10.1 Å². The van der Waals surface area contributed by atoms with Gasteiger partial charge in [0.05, 0.1) is 24.0 Å². The fourth-order valence-corrected chi connectivity index (χ4v) is 3.79. The SMILES string of the molecule is C=C(CC([O-])=NCCS(=O)(=O)O)CC(O)C[C@H](C)CCC[C@H](C)CCCC(C)(C)O. The molecule has 0 saturated heterocycles. The predicted octanol–water partition coefficient (Wildman–Crippen LogP) is 3.10. The van der Waals surface area contributed by atoms with E-state index >= 15 is 0 Å². The summed E-state index contributed by atoms with van der Waals surface area (Å²) in [6, 6.07) is 0. The number of hydrogen-bond donors (Lipinski definition) is 3. The van der Waals surface area contributed by atoms with Gasteiger partial charge in [0, 0.05) is 0 Å². The van der Waals surface area contributed by atoms with Crippen molar-refractivity contribution >= 4 is 16.0 Å². The van der Waals surface area contributed by atoms with E-state index in [-0.39, 0.29) is 13.0 Å². The summed E-state index contributed by atoms with van der Waals surface area (Å²) in [7, 11) is -4.12. The first-order chi connectivity index (χ1) is 13.7. The Labute approximate surface area is 183 Å². The Balaban J connectivity index is 4.02. The van der Waals surface area contributed by atoms with Gasteiger partial charge in [0.15, 0.2) is 0 Å². The number of aliphatic imine (C=N–C) groups is 1. The Morgan fingerprint density at radius 1 is 1.13 bits per heavy atom. The van der Waals surface area contributed by atoms with Crippen LogP contribution < -0.4 is 5.11 Å². The zero-order valence-electron chi connectivity index (χ0n) is 19.1. The molecule has 3 N–H and O–H groups in total. The van der Waals surface area contributed by atoms with E-state index in [4.69, 9.17) is 4.55 Å². The van der Waals surface area contributed by atoms with E-state index in [9.17, 15) is 23.7 Å². The van der Waals surface area contributed by atoms with Crippen molar-refractivity contribution in [2.24, 2.45) is 16.8 Å². The van der Waals surface area contributed by atoms with Crippen molar-refractivity contribution in [2.45, 2.75) is 97.2 Å². The van der Waals surface area contributed by atoms with Crippen LogP contribution >= 0.6 is 0 Å². The lowest BCUT2D eigenvalue weighted by molar-refractivity contribution is -0.218. The lowest BCUT2D eigenvalue weighted by atomic mass is 9.90. The number of hydrogen-bond acceptors (Lipinski definition) is 6. The van der Waals surface area contributed by atoms with Crippen LogP contribution in [0.3, 0.4) is 0 Å². The summed E-state index contributed by atoms with van der Waals surface area (Å²) in [6.45, 7) is 11.6. The van der Waals surface area contributed by atoms with E-state index in [0.29, 0.717) is 30.3 Å². The summed E-state index contributed by atoms with van der Waals surface area (Å²) in [5.41, 5.74) is -0.0246. The largest absolute Gasteiger partial charge is 0.862 e. The van der Waals surface area contributed by atoms with Gasteiger partial charge in [-0.15, -0.1) is 0 Å². The van der Waals surface area contributed by atoms with Gasteiger partial charge < -0.3 is 20.3 Å². The molecular formula is C22H42NO6S-. The molecule has 0 fully saturated rings. The standard InChI is InChI=1S/C22H43NO6S/c1-17(10-7-11-22(4,5)26)8-6-9-18(2)14-20(24)15-19(3)16-21(25)23-12-13-30(27,28)29/h17-18,20,24,26H,3,6-16H2,1-2,4-5H3,(H,23,25)(H,27,28,29)/p-1/t17-,18+,20?/m0/s1. The van der Waals surface area contributed by atoms with Crippen LogP contribution in [0.5, 0.6) is 0 Å². The molecule has 0 aromatic carbocycles. The summed E-state index contributed by atoms with van der Waals surface area (Å²) in [5, 5.41) is 31.7. The van der Waals surface area contributed by atoms with Gasteiger partial charge in [-0.3, -0.25) is 4.55 Å². The van der Waals surface area contributed by atoms with Crippen molar-refractivity contribution in [3.8, 4) is 0 Å². The number of aliphatic hydroxyl groups is 2. The van der Waals surface area contributed by atoms with E-state index in [0.717, 1.165) is 38.5 Å². The van der Waals surface area contributed by atoms with Gasteiger partial charge in [-0.2, -0.15) is 8.42 Å². The van der Waals surface area contributed by atoms with Crippen LogP contribution in [-0.4, -0.2) is 53.1 Å². The maximum atomic E-state index is 11.7. The van der Waals surface area contributed by atoms with E-state index in [1.54, 1.807) is 0 Å². The molecule has 0 aliphatic carbocycles. The Kier molecular flexibility index (Phi) is 13.7. The molecule has 7 nitrogen and oxygen atoms in total. The van der Waals surface area contributed by atoms with E-state index in [1.807, 2.05) is 13.8 Å². The summed E-state index contributed by atoms with van der Waals surface area (Å²) >= 11 is 0.